The average molecular weight is 369 g/mol. The topological polar surface area (TPSA) is 64.4 Å². The normalized spacial score (nSPS) is 14.8. The molecule has 1 aromatic carbocycles. The van der Waals surface area contributed by atoms with Crippen molar-refractivity contribution in [3.8, 4) is 5.69 Å². The zero-order chi connectivity index (χ0) is 19.4. The van der Waals surface area contributed by atoms with E-state index in [0.717, 1.165) is 49.0 Å². The van der Waals surface area contributed by atoms with E-state index in [2.05, 4.69) is 0 Å². The van der Waals surface area contributed by atoms with Gasteiger partial charge in [0.15, 0.2) is 5.69 Å². The Morgan fingerprint density at radius 2 is 1.89 bits per heavy atom. The van der Waals surface area contributed by atoms with Crippen LogP contribution in [0.1, 0.15) is 47.9 Å². The molecule has 0 saturated carbocycles. The number of ether oxygens (including phenoxy) is 1. The Hall–Kier alpha value is -2.63. The smallest absolute Gasteiger partial charge is 0.310 e. The van der Waals surface area contributed by atoms with Crippen molar-refractivity contribution in [1.82, 2.24) is 14.7 Å². The van der Waals surface area contributed by atoms with Gasteiger partial charge in [0.1, 0.15) is 0 Å². The van der Waals surface area contributed by atoms with Crippen LogP contribution in [0, 0.1) is 5.92 Å². The number of aromatic nitrogens is 2. The van der Waals surface area contributed by atoms with Gasteiger partial charge in [0.05, 0.1) is 18.7 Å². The first kappa shape index (κ1) is 19.1. The summed E-state index contributed by atoms with van der Waals surface area (Å²) < 4.78 is 6.69. The molecule has 0 radical (unpaired) electrons. The molecule has 1 unspecified atom stereocenters. The molecular formula is C21H27N3O3. The van der Waals surface area contributed by atoms with E-state index in [1.54, 1.807) is 18.9 Å². The highest BCUT2D eigenvalue weighted by atomic mass is 16.5. The van der Waals surface area contributed by atoms with Crippen LogP contribution in [0.5, 0.6) is 0 Å². The SMILES string of the molecule is COC(=O)C(C)CN(C)C(=O)c1nn(-c2ccccc2)c2c1CCCCC2. The van der Waals surface area contributed by atoms with Gasteiger partial charge in [-0.15, -0.1) is 0 Å². The molecule has 1 atom stereocenters. The van der Waals surface area contributed by atoms with Crippen molar-refractivity contribution >= 4 is 11.9 Å². The van der Waals surface area contributed by atoms with Gasteiger partial charge in [-0.25, -0.2) is 4.68 Å². The van der Waals surface area contributed by atoms with E-state index in [9.17, 15) is 9.59 Å². The summed E-state index contributed by atoms with van der Waals surface area (Å²) in [6.45, 7) is 2.07. The van der Waals surface area contributed by atoms with Gasteiger partial charge in [-0.3, -0.25) is 9.59 Å². The van der Waals surface area contributed by atoms with E-state index in [4.69, 9.17) is 9.84 Å². The largest absolute Gasteiger partial charge is 0.469 e. The minimum absolute atomic E-state index is 0.140. The maximum absolute atomic E-state index is 13.1. The molecule has 3 rings (SSSR count). The van der Waals surface area contributed by atoms with Crippen molar-refractivity contribution in [2.24, 2.45) is 5.92 Å². The third kappa shape index (κ3) is 4.04. The number of amides is 1. The quantitative estimate of drug-likeness (QED) is 0.600. The Morgan fingerprint density at radius 1 is 1.19 bits per heavy atom. The fourth-order valence-electron chi connectivity index (χ4n) is 3.68. The second kappa shape index (κ2) is 8.37. The molecule has 27 heavy (non-hydrogen) atoms. The molecule has 0 fully saturated rings. The van der Waals surface area contributed by atoms with E-state index >= 15 is 0 Å². The van der Waals surface area contributed by atoms with Crippen molar-refractivity contribution < 1.29 is 14.3 Å². The summed E-state index contributed by atoms with van der Waals surface area (Å²) in [4.78, 5) is 26.4. The van der Waals surface area contributed by atoms with Gasteiger partial charge >= 0.3 is 5.97 Å². The molecule has 0 aliphatic heterocycles. The number of hydrogen-bond donors (Lipinski definition) is 0. The zero-order valence-electron chi connectivity index (χ0n) is 16.3. The molecule has 1 aromatic heterocycles. The van der Waals surface area contributed by atoms with Crippen molar-refractivity contribution in [2.45, 2.75) is 39.0 Å². The first-order valence-electron chi connectivity index (χ1n) is 9.52. The van der Waals surface area contributed by atoms with E-state index < -0.39 is 0 Å². The molecule has 1 amide bonds. The Morgan fingerprint density at radius 3 is 2.59 bits per heavy atom. The van der Waals surface area contributed by atoms with Crippen LogP contribution in [0.25, 0.3) is 5.69 Å². The van der Waals surface area contributed by atoms with Gasteiger partial charge in [-0.2, -0.15) is 5.10 Å². The van der Waals surface area contributed by atoms with Crippen LogP contribution in [0.2, 0.25) is 0 Å². The number of fused-ring (bicyclic) bond motifs is 1. The lowest BCUT2D eigenvalue weighted by Gasteiger charge is -2.19. The minimum Gasteiger partial charge on any atom is -0.469 e. The molecule has 0 spiro atoms. The molecule has 1 aliphatic carbocycles. The molecule has 6 heteroatoms. The zero-order valence-corrected chi connectivity index (χ0v) is 16.3. The summed E-state index contributed by atoms with van der Waals surface area (Å²) in [7, 11) is 3.08. The summed E-state index contributed by atoms with van der Waals surface area (Å²) in [5.74, 6) is -0.833. The molecule has 1 heterocycles. The molecule has 6 nitrogen and oxygen atoms in total. The van der Waals surface area contributed by atoms with Crippen molar-refractivity contribution in [1.29, 1.82) is 0 Å². The molecule has 2 aromatic rings. The molecule has 144 valence electrons. The number of hydrogen-bond acceptors (Lipinski definition) is 4. The molecule has 0 saturated heterocycles. The van der Waals surface area contributed by atoms with E-state index in [-0.39, 0.29) is 17.8 Å². The predicted molar refractivity (Wildman–Crippen MR) is 103 cm³/mol. The van der Waals surface area contributed by atoms with Gasteiger partial charge in [-0.05, 0) is 37.8 Å². The van der Waals surface area contributed by atoms with Crippen LogP contribution in [0.4, 0.5) is 0 Å². The summed E-state index contributed by atoms with van der Waals surface area (Å²) >= 11 is 0. The fraction of sp³-hybridized carbons (Fsp3) is 0.476. The Kier molecular flexibility index (Phi) is 5.94. The molecule has 0 bridgehead atoms. The fourth-order valence-corrected chi connectivity index (χ4v) is 3.68. The van der Waals surface area contributed by atoms with Crippen LogP contribution in [0.3, 0.4) is 0 Å². The first-order chi connectivity index (χ1) is 13.0. The lowest BCUT2D eigenvalue weighted by Crippen LogP contribution is -2.34. The van der Waals surface area contributed by atoms with Gasteiger partial charge in [0, 0.05) is 24.8 Å². The second-order valence-corrected chi connectivity index (χ2v) is 7.19. The predicted octanol–water partition coefficient (Wildman–Crippen LogP) is 3.02. The van der Waals surface area contributed by atoms with Crippen molar-refractivity contribution in [3.63, 3.8) is 0 Å². The standard InChI is InChI=1S/C21H27N3O3/c1-15(21(26)27-3)14-23(2)20(25)19-17-12-8-5-9-13-18(17)24(22-19)16-10-6-4-7-11-16/h4,6-7,10-11,15H,5,8-9,12-14H2,1-3H3. The van der Waals surface area contributed by atoms with Crippen LogP contribution in [0.15, 0.2) is 30.3 Å². The maximum Gasteiger partial charge on any atom is 0.310 e. The molecular weight excluding hydrogens is 342 g/mol. The van der Waals surface area contributed by atoms with E-state index in [1.807, 2.05) is 35.0 Å². The van der Waals surface area contributed by atoms with Gasteiger partial charge in [-0.1, -0.05) is 31.5 Å². The molecule has 0 N–H and O–H groups in total. The number of nitrogens with zero attached hydrogens (tertiary/aromatic N) is 3. The highest BCUT2D eigenvalue weighted by Gasteiger charge is 2.28. The third-order valence-corrected chi connectivity index (χ3v) is 5.13. The lowest BCUT2D eigenvalue weighted by molar-refractivity contribution is -0.145. The Labute approximate surface area is 160 Å². The van der Waals surface area contributed by atoms with Gasteiger partial charge in [0.25, 0.3) is 5.91 Å². The summed E-state index contributed by atoms with van der Waals surface area (Å²) in [6.07, 6.45) is 5.12. The molecule has 1 aliphatic rings. The average Bonchev–Trinajstić information content (AvgIpc) is 2.87. The number of carbonyl (C=O) groups excluding carboxylic acids is 2. The van der Waals surface area contributed by atoms with Crippen molar-refractivity contribution in [3.05, 3.63) is 47.3 Å². The number of methoxy groups -OCH3 is 1. The number of benzene rings is 1. The number of carbonyl (C=O) groups is 2. The summed E-state index contributed by atoms with van der Waals surface area (Å²) in [5, 5.41) is 4.71. The van der Waals surface area contributed by atoms with Crippen LogP contribution in [-0.4, -0.2) is 47.3 Å². The van der Waals surface area contributed by atoms with Crippen LogP contribution < -0.4 is 0 Å². The Balaban J connectivity index is 1.94. The van der Waals surface area contributed by atoms with Crippen LogP contribution >= 0.6 is 0 Å². The van der Waals surface area contributed by atoms with Crippen LogP contribution in [-0.2, 0) is 22.4 Å². The Bertz CT molecular complexity index is 814. The minimum atomic E-state index is -0.376. The van der Waals surface area contributed by atoms with E-state index in [1.165, 1.54) is 7.11 Å². The van der Waals surface area contributed by atoms with E-state index in [0.29, 0.717) is 12.2 Å². The monoisotopic (exact) mass is 369 g/mol. The lowest BCUT2D eigenvalue weighted by atomic mass is 10.1. The second-order valence-electron chi connectivity index (χ2n) is 7.19. The third-order valence-electron chi connectivity index (χ3n) is 5.13. The number of esters is 1. The summed E-state index contributed by atoms with van der Waals surface area (Å²) in [6, 6.07) is 9.95. The van der Waals surface area contributed by atoms with Gasteiger partial charge < -0.3 is 9.64 Å². The summed E-state index contributed by atoms with van der Waals surface area (Å²) in [5.41, 5.74) is 3.67. The number of rotatable bonds is 5. The first-order valence-corrected chi connectivity index (χ1v) is 9.52. The highest BCUT2D eigenvalue weighted by Crippen LogP contribution is 2.27. The van der Waals surface area contributed by atoms with Gasteiger partial charge in [0.2, 0.25) is 0 Å². The number of para-hydroxylation sites is 1. The van der Waals surface area contributed by atoms with Crippen molar-refractivity contribution in [2.75, 3.05) is 20.7 Å². The maximum atomic E-state index is 13.1. The highest BCUT2D eigenvalue weighted by molar-refractivity contribution is 5.94.